The van der Waals surface area contributed by atoms with Crippen molar-refractivity contribution in [2.24, 2.45) is 12.8 Å². The molecule has 1 heterocycles. The predicted octanol–water partition coefficient (Wildman–Crippen LogP) is 0.545. The van der Waals surface area contributed by atoms with Crippen LogP contribution in [0, 0.1) is 0 Å². The van der Waals surface area contributed by atoms with Crippen LogP contribution >= 0.6 is 12.6 Å². The second-order valence-corrected chi connectivity index (χ2v) is 6.94. The number of thiol groups is 1. The molecule has 9 heteroatoms. The number of carbonyl (C=O) groups is 1. The van der Waals surface area contributed by atoms with E-state index < -0.39 is 24.7 Å². The van der Waals surface area contributed by atoms with E-state index in [-0.39, 0.29) is 6.61 Å². The van der Waals surface area contributed by atoms with Gasteiger partial charge in [-0.25, -0.2) is 0 Å². The smallest absolute Gasteiger partial charge is 0.270 e. The molecule has 26 heavy (non-hydrogen) atoms. The number of aliphatic hydroxyl groups is 2. The normalized spacial score (nSPS) is 12.8. The highest BCUT2D eigenvalue weighted by Gasteiger charge is 2.27. The lowest BCUT2D eigenvalue weighted by molar-refractivity contribution is 0.0717. The van der Waals surface area contributed by atoms with Crippen LogP contribution in [0.15, 0.2) is 28.8 Å². The highest BCUT2D eigenvalue weighted by Crippen LogP contribution is 2.24. The Bertz CT molecular complexity index is 839. The molecule has 0 aliphatic rings. The first kappa shape index (κ1) is 20.1. The summed E-state index contributed by atoms with van der Waals surface area (Å²) in [7, 11) is 1.65. The summed E-state index contributed by atoms with van der Waals surface area (Å²) in [5.41, 5.74) is 6.02. The summed E-state index contributed by atoms with van der Waals surface area (Å²) in [4.78, 5) is 13.3. The number of rotatable bonds is 7. The molecule has 0 spiro atoms. The van der Waals surface area contributed by atoms with Gasteiger partial charge in [-0.1, -0.05) is 0 Å². The van der Waals surface area contributed by atoms with Crippen LogP contribution < -0.4 is 15.8 Å². The van der Waals surface area contributed by atoms with Gasteiger partial charge in [0.05, 0.1) is 24.3 Å². The molecule has 0 fully saturated rings. The maximum absolute atomic E-state index is 12.7. The number of aryl methyl sites for hydroxylation is 1. The van der Waals surface area contributed by atoms with Crippen LogP contribution in [0.2, 0.25) is 0 Å². The SMILES string of the molecule is C/C(N)=C(/S)COc1ccc2nn(C)c(C(=O)NC(C)(CO)CO)c2c1. The average Bonchev–Trinajstić information content (AvgIpc) is 2.94. The highest BCUT2D eigenvalue weighted by molar-refractivity contribution is 7.84. The molecule has 0 saturated carbocycles. The number of ether oxygens (including phenoxy) is 1. The number of carbonyl (C=O) groups excluding carboxylic acids is 1. The van der Waals surface area contributed by atoms with Crippen LogP contribution in [0.25, 0.3) is 10.9 Å². The summed E-state index contributed by atoms with van der Waals surface area (Å²) in [6.07, 6.45) is 0. The van der Waals surface area contributed by atoms with E-state index in [1.165, 1.54) is 4.68 Å². The quantitative estimate of drug-likeness (QED) is 0.447. The zero-order valence-corrected chi connectivity index (χ0v) is 15.9. The van der Waals surface area contributed by atoms with Gasteiger partial charge < -0.3 is 26.0 Å². The van der Waals surface area contributed by atoms with Crippen molar-refractivity contribution in [3.05, 3.63) is 34.5 Å². The van der Waals surface area contributed by atoms with E-state index in [9.17, 15) is 15.0 Å². The topological polar surface area (TPSA) is 123 Å². The third-order valence-electron chi connectivity index (χ3n) is 3.96. The molecule has 0 saturated heterocycles. The first-order valence-electron chi connectivity index (χ1n) is 7.98. The van der Waals surface area contributed by atoms with Gasteiger partial charge in [0.15, 0.2) is 0 Å². The number of fused-ring (bicyclic) bond motifs is 1. The summed E-state index contributed by atoms with van der Waals surface area (Å²) in [6.45, 7) is 2.71. The van der Waals surface area contributed by atoms with Crippen LogP contribution in [0.5, 0.6) is 5.75 Å². The number of nitrogens with two attached hydrogens (primary N) is 1. The van der Waals surface area contributed by atoms with Gasteiger partial charge in [0, 0.05) is 23.0 Å². The Morgan fingerprint density at radius 2 is 2.08 bits per heavy atom. The van der Waals surface area contributed by atoms with Gasteiger partial charge in [-0.05, 0) is 32.0 Å². The molecule has 0 atom stereocenters. The highest BCUT2D eigenvalue weighted by atomic mass is 32.1. The molecule has 1 aromatic heterocycles. The third kappa shape index (κ3) is 4.29. The zero-order chi connectivity index (χ0) is 19.5. The van der Waals surface area contributed by atoms with Gasteiger partial charge in [0.2, 0.25) is 0 Å². The second kappa shape index (κ2) is 7.98. The van der Waals surface area contributed by atoms with E-state index in [0.29, 0.717) is 32.9 Å². The van der Waals surface area contributed by atoms with Crippen LogP contribution in [0.1, 0.15) is 24.3 Å². The van der Waals surface area contributed by atoms with Crippen molar-refractivity contribution >= 4 is 29.4 Å². The Labute approximate surface area is 157 Å². The summed E-state index contributed by atoms with van der Waals surface area (Å²) in [6, 6.07) is 5.20. The Morgan fingerprint density at radius 3 is 2.65 bits per heavy atom. The Morgan fingerprint density at radius 1 is 1.42 bits per heavy atom. The molecule has 8 nitrogen and oxygen atoms in total. The summed E-state index contributed by atoms with van der Waals surface area (Å²) in [5.74, 6) is 0.0877. The molecule has 0 aliphatic heterocycles. The number of hydrogen-bond acceptors (Lipinski definition) is 7. The maximum Gasteiger partial charge on any atom is 0.270 e. The number of aromatic nitrogens is 2. The molecule has 1 aromatic carbocycles. The summed E-state index contributed by atoms with van der Waals surface area (Å²) < 4.78 is 7.11. The van der Waals surface area contributed by atoms with E-state index in [1.807, 2.05) is 0 Å². The van der Waals surface area contributed by atoms with Crippen molar-refractivity contribution in [2.75, 3.05) is 19.8 Å². The Balaban J connectivity index is 2.35. The minimum Gasteiger partial charge on any atom is -0.488 e. The number of benzene rings is 1. The molecule has 0 radical (unpaired) electrons. The maximum atomic E-state index is 12.7. The summed E-state index contributed by atoms with van der Waals surface area (Å²) >= 11 is 4.26. The largest absolute Gasteiger partial charge is 0.488 e. The Kier molecular flexibility index (Phi) is 6.17. The minimum atomic E-state index is -1.13. The average molecular weight is 380 g/mol. The Hall–Kier alpha value is -2.23. The van der Waals surface area contributed by atoms with Crippen molar-refractivity contribution in [1.82, 2.24) is 15.1 Å². The lowest BCUT2D eigenvalue weighted by Crippen LogP contribution is -2.52. The molecule has 2 aromatic rings. The lowest BCUT2D eigenvalue weighted by atomic mass is 10.0. The zero-order valence-electron chi connectivity index (χ0n) is 15.0. The first-order valence-corrected chi connectivity index (χ1v) is 8.43. The van der Waals surface area contributed by atoms with E-state index in [4.69, 9.17) is 10.5 Å². The number of nitrogens with one attached hydrogen (secondary N) is 1. The van der Waals surface area contributed by atoms with Gasteiger partial charge in [-0.3, -0.25) is 9.48 Å². The van der Waals surface area contributed by atoms with Gasteiger partial charge in [-0.2, -0.15) is 5.10 Å². The van der Waals surface area contributed by atoms with E-state index in [0.717, 1.165) is 0 Å². The van der Waals surface area contributed by atoms with Gasteiger partial charge in [0.1, 0.15) is 18.1 Å². The monoisotopic (exact) mass is 380 g/mol. The molecule has 5 N–H and O–H groups in total. The van der Waals surface area contributed by atoms with Crippen LogP contribution in [0.4, 0.5) is 0 Å². The van der Waals surface area contributed by atoms with Crippen LogP contribution in [0.3, 0.4) is 0 Å². The lowest BCUT2D eigenvalue weighted by Gasteiger charge is -2.26. The first-order chi connectivity index (χ1) is 12.2. The number of hydrogen-bond donors (Lipinski definition) is 5. The van der Waals surface area contributed by atoms with Crippen LogP contribution in [-0.2, 0) is 7.05 Å². The second-order valence-electron chi connectivity index (χ2n) is 6.40. The number of aliphatic hydroxyl groups excluding tert-OH is 2. The molecular formula is C17H24N4O4S. The van der Waals surface area contributed by atoms with Crippen molar-refractivity contribution < 1.29 is 19.7 Å². The van der Waals surface area contributed by atoms with Gasteiger partial charge in [-0.15, -0.1) is 12.6 Å². The predicted molar refractivity (Wildman–Crippen MR) is 102 cm³/mol. The standard InChI is InChI=1S/C17H24N4O4S/c1-10(18)14(26)7-25-11-4-5-13-12(6-11)15(21(3)20-13)16(24)19-17(2,8-22)9-23/h4-6,22-23,26H,7-9,18H2,1-3H3,(H,19,24)/b14-10-. The molecular weight excluding hydrogens is 356 g/mol. The van der Waals surface area contributed by atoms with Gasteiger partial charge >= 0.3 is 0 Å². The number of amides is 1. The van der Waals surface area contributed by atoms with Gasteiger partial charge in [0.25, 0.3) is 5.91 Å². The molecule has 2 rings (SSSR count). The van der Waals surface area contributed by atoms with Crippen molar-refractivity contribution in [2.45, 2.75) is 19.4 Å². The van der Waals surface area contributed by atoms with E-state index >= 15 is 0 Å². The van der Waals surface area contributed by atoms with Crippen molar-refractivity contribution in [3.8, 4) is 5.75 Å². The molecule has 0 aliphatic carbocycles. The van der Waals surface area contributed by atoms with Crippen molar-refractivity contribution in [3.63, 3.8) is 0 Å². The molecule has 0 unspecified atom stereocenters. The van der Waals surface area contributed by atoms with E-state index in [1.54, 1.807) is 39.1 Å². The number of allylic oxidation sites excluding steroid dienone is 1. The van der Waals surface area contributed by atoms with E-state index in [2.05, 4.69) is 23.0 Å². The van der Waals surface area contributed by atoms with Crippen molar-refractivity contribution in [1.29, 1.82) is 0 Å². The van der Waals surface area contributed by atoms with Crippen LogP contribution in [-0.4, -0.2) is 51.3 Å². The molecule has 0 bridgehead atoms. The fourth-order valence-electron chi connectivity index (χ4n) is 2.26. The molecule has 142 valence electrons. The number of nitrogens with zero attached hydrogens (tertiary/aromatic N) is 2. The fraction of sp³-hybridized carbons (Fsp3) is 0.412. The molecule has 1 amide bonds. The fourth-order valence-corrected chi connectivity index (χ4v) is 2.33. The third-order valence-corrected chi connectivity index (χ3v) is 4.45. The summed E-state index contributed by atoms with van der Waals surface area (Å²) in [5, 5.41) is 26.3. The minimum absolute atomic E-state index is 0.214.